The van der Waals surface area contributed by atoms with Gasteiger partial charge >= 0.3 is 196 Å². The van der Waals surface area contributed by atoms with E-state index in [1.807, 2.05) is 18.2 Å². The van der Waals surface area contributed by atoms with Gasteiger partial charge in [0.05, 0.1) is 0 Å². The van der Waals surface area contributed by atoms with E-state index in [9.17, 15) is 14.5 Å². The zero-order chi connectivity index (χ0) is 24.4. The zero-order valence-electron chi connectivity index (χ0n) is 20.1. The van der Waals surface area contributed by atoms with Gasteiger partial charge < -0.3 is 0 Å². The topological polar surface area (TPSA) is 110 Å². The van der Waals surface area contributed by atoms with Crippen LogP contribution in [0.3, 0.4) is 0 Å². The molecule has 0 radical (unpaired) electrons. The first-order valence-corrected chi connectivity index (χ1v) is 13.1. The van der Waals surface area contributed by atoms with Gasteiger partial charge in [0.15, 0.2) is 0 Å². The molecule has 1 aliphatic carbocycles. The molecule has 188 valence electrons. The van der Waals surface area contributed by atoms with E-state index < -0.39 is 33.3 Å². The maximum atomic E-state index is 11.7. The molecule has 0 bridgehead atoms. The second-order valence-corrected chi connectivity index (χ2v) is 10.1. The molecule has 0 unspecified atom stereocenters. The molecule has 1 saturated carbocycles. The summed E-state index contributed by atoms with van der Waals surface area (Å²) in [5.41, 5.74) is 2.10. The third-order valence-corrected chi connectivity index (χ3v) is 6.82. The fourth-order valence-corrected chi connectivity index (χ4v) is 4.46. The molecule has 0 heterocycles. The van der Waals surface area contributed by atoms with Crippen LogP contribution in [0.25, 0.3) is 0 Å². The Bertz CT molecular complexity index is 757. The fraction of sp³-hybridized carbons (Fsp3) is 0.652. The Morgan fingerprint density at radius 2 is 1.52 bits per heavy atom. The molecular weight excluding hydrogens is 451 g/mol. The number of benzene rings is 1. The minimum absolute atomic E-state index is 0.157. The standard InChI is InChI=1S/C23H37O9P/c1-6-27-21(24)13-30-33(26,31-14-22(25)28-7-2)32-15-29-23-19(16(3)4)9-8-10-20(23)17(5)18-11-12-18/h8-10,16-18,26,33H,6-7,11-15H2,1-5H3/t17-/m1/s1. The predicted molar refractivity (Wildman–Crippen MR) is 124 cm³/mol. The zero-order valence-corrected chi connectivity index (χ0v) is 21.1. The molecular formula is C23H37O9P. The molecule has 0 spiro atoms. The van der Waals surface area contributed by atoms with Crippen LogP contribution in [0.4, 0.5) is 0 Å². The van der Waals surface area contributed by atoms with Gasteiger partial charge in [-0.1, -0.05) is 0 Å². The molecule has 2 rings (SSSR count). The van der Waals surface area contributed by atoms with Gasteiger partial charge in [-0.2, -0.15) is 0 Å². The van der Waals surface area contributed by atoms with Crippen molar-refractivity contribution in [2.24, 2.45) is 5.92 Å². The summed E-state index contributed by atoms with van der Waals surface area (Å²) in [5.74, 6) is 0.483. The summed E-state index contributed by atoms with van der Waals surface area (Å²) in [6, 6.07) is 6.07. The Morgan fingerprint density at radius 1 is 0.970 bits per heavy atom. The first-order chi connectivity index (χ1) is 15.7. The van der Waals surface area contributed by atoms with Gasteiger partial charge in [-0.3, -0.25) is 0 Å². The summed E-state index contributed by atoms with van der Waals surface area (Å²) < 4.78 is 31.4. The van der Waals surface area contributed by atoms with Crippen molar-refractivity contribution < 1.29 is 42.3 Å². The molecule has 1 fully saturated rings. The van der Waals surface area contributed by atoms with Crippen molar-refractivity contribution in [1.29, 1.82) is 0 Å². The molecule has 1 N–H and O–H groups in total. The third kappa shape index (κ3) is 8.83. The number of carbonyl (C=O) groups excluding carboxylic acids is 2. The van der Waals surface area contributed by atoms with E-state index >= 15 is 0 Å². The summed E-state index contributed by atoms with van der Waals surface area (Å²) in [6.45, 7) is 8.37. The average molecular weight is 489 g/mol. The first kappa shape index (κ1) is 27.5. The van der Waals surface area contributed by atoms with Crippen LogP contribution in [0.1, 0.15) is 70.4 Å². The van der Waals surface area contributed by atoms with E-state index in [0.29, 0.717) is 17.6 Å². The molecule has 1 aromatic rings. The van der Waals surface area contributed by atoms with E-state index in [1.165, 1.54) is 12.8 Å². The van der Waals surface area contributed by atoms with Gasteiger partial charge in [0.25, 0.3) is 0 Å². The van der Waals surface area contributed by atoms with Crippen molar-refractivity contribution in [1.82, 2.24) is 0 Å². The second kappa shape index (κ2) is 13.2. The predicted octanol–water partition coefficient (Wildman–Crippen LogP) is 4.24. The van der Waals surface area contributed by atoms with Gasteiger partial charge in [-0.25, -0.2) is 0 Å². The van der Waals surface area contributed by atoms with E-state index in [4.69, 9.17) is 27.8 Å². The van der Waals surface area contributed by atoms with Crippen LogP contribution in [0.15, 0.2) is 18.2 Å². The van der Waals surface area contributed by atoms with Crippen molar-refractivity contribution in [3.63, 3.8) is 0 Å². The van der Waals surface area contributed by atoms with Crippen molar-refractivity contribution in [3.05, 3.63) is 29.3 Å². The number of rotatable bonds is 15. The van der Waals surface area contributed by atoms with Crippen LogP contribution in [0.2, 0.25) is 0 Å². The van der Waals surface area contributed by atoms with E-state index in [-0.39, 0.29) is 25.9 Å². The Labute approximate surface area is 196 Å². The molecule has 0 amide bonds. The quantitative estimate of drug-likeness (QED) is 0.220. The van der Waals surface area contributed by atoms with Crippen LogP contribution in [-0.4, -0.2) is 50.1 Å². The molecule has 1 aliphatic rings. The van der Waals surface area contributed by atoms with E-state index in [2.05, 4.69) is 20.8 Å². The fourth-order valence-electron chi connectivity index (χ4n) is 3.40. The number of para-hydroxylation sites is 1. The molecule has 9 nitrogen and oxygen atoms in total. The molecule has 1 atom stereocenters. The Kier molecular flexibility index (Phi) is 11.0. The first-order valence-electron chi connectivity index (χ1n) is 11.4. The minimum atomic E-state index is -4.41. The summed E-state index contributed by atoms with van der Waals surface area (Å²) in [7, 11) is -4.41. The number of carbonyl (C=O) groups is 2. The SMILES string of the molecule is CCOC(=O)CO[PH](O)(OCOc1c(C(C)C)cccc1[C@H](C)C1CC1)OCC(=O)OCC. The maximum absolute atomic E-state index is 11.7. The van der Waals surface area contributed by atoms with Gasteiger partial charge in [0.2, 0.25) is 0 Å². The molecule has 10 heteroatoms. The van der Waals surface area contributed by atoms with Gasteiger partial charge in [0.1, 0.15) is 0 Å². The van der Waals surface area contributed by atoms with Crippen molar-refractivity contribution in [2.45, 2.75) is 59.3 Å². The molecule has 0 aliphatic heterocycles. The normalized spacial score (nSPS) is 15.2. The summed E-state index contributed by atoms with van der Waals surface area (Å²) >= 11 is 0. The van der Waals surface area contributed by atoms with Crippen molar-refractivity contribution in [2.75, 3.05) is 33.2 Å². The van der Waals surface area contributed by atoms with Crippen LogP contribution in [0.5, 0.6) is 5.75 Å². The summed E-state index contributed by atoms with van der Waals surface area (Å²) in [5, 5.41) is 0. The average Bonchev–Trinajstić information content (AvgIpc) is 3.62. The van der Waals surface area contributed by atoms with Crippen molar-refractivity contribution in [3.8, 4) is 5.75 Å². The number of hydrogen-bond acceptors (Lipinski definition) is 9. The number of esters is 2. The van der Waals surface area contributed by atoms with Crippen molar-refractivity contribution >= 4 is 20.1 Å². The van der Waals surface area contributed by atoms with Crippen LogP contribution in [0, 0.1) is 5.92 Å². The number of hydrogen-bond donors (Lipinski definition) is 1. The number of ether oxygens (including phenoxy) is 3. The third-order valence-electron chi connectivity index (χ3n) is 5.32. The van der Waals surface area contributed by atoms with E-state index in [0.717, 1.165) is 11.1 Å². The Morgan fingerprint density at radius 3 is 2.00 bits per heavy atom. The second-order valence-electron chi connectivity index (χ2n) is 8.16. The van der Waals surface area contributed by atoms with Crippen LogP contribution in [-0.2, 0) is 32.6 Å². The van der Waals surface area contributed by atoms with E-state index in [1.54, 1.807) is 13.8 Å². The van der Waals surface area contributed by atoms with Gasteiger partial charge in [-0.05, 0) is 0 Å². The Hall–Kier alpha value is -1.77. The van der Waals surface area contributed by atoms with Gasteiger partial charge in [-0.15, -0.1) is 0 Å². The van der Waals surface area contributed by atoms with Crippen LogP contribution < -0.4 is 4.74 Å². The summed E-state index contributed by atoms with van der Waals surface area (Å²) in [6.07, 6.45) is 2.39. The van der Waals surface area contributed by atoms with Crippen LogP contribution >= 0.6 is 8.17 Å². The van der Waals surface area contributed by atoms with Gasteiger partial charge in [0, 0.05) is 0 Å². The molecule has 1 aromatic carbocycles. The summed E-state index contributed by atoms with van der Waals surface area (Å²) in [4.78, 5) is 34.1. The molecule has 33 heavy (non-hydrogen) atoms. The monoisotopic (exact) mass is 488 g/mol. The molecule has 0 aromatic heterocycles. The Balaban J connectivity index is 2.10. The molecule has 0 saturated heterocycles.